The van der Waals surface area contributed by atoms with E-state index >= 15 is 0 Å². The summed E-state index contributed by atoms with van der Waals surface area (Å²) < 4.78 is 0. The highest BCUT2D eigenvalue weighted by atomic mass is 16.3. The number of hydrogen-bond acceptors (Lipinski definition) is 3. The Morgan fingerprint density at radius 2 is 1.35 bits per heavy atom. The third-order valence-corrected chi connectivity index (χ3v) is 5.07. The van der Waals surface area contributed by atoms with Crippen molar-refractivity contribution in [2.24, 2.45) is 0 Å². The summed E-state index contributed by atoms with van der Waals surface area (Å²) in [5, 5.41) is 11.9. The van der Waals surface area contributed by atoms with E-state index in [1.807, 2.05) is 91.0 Å². The van der Waals surface area contributed by atoms with Gasteiger partial charge in [0.25, 0.3) is 0 Å². The molecule has 0 aliphatic rings. The van der Waals surface area contributed by atoms with Crippen LogP contribution in [0.25, 0.3) is 0 Å². The molecular formula is C26H28N2O3. The molecular weight excluding hydrogens is 388 g/mol. The second kappa shape index (κ2) is 11.7. The molecule has 3 rings (SSSR count). The minimum absolute atomic E-state index is 0.0966. The van der Waals surface area contributed by atoms with Gasteiger partial charge in [-0.25, -0.2) is 0 Å². The molecule has 160 valence electrons. The van der Waals surface area contributed by atoms with Crippen LogP contribution in [-0.4, -0.2) is 35.0 Å². The van der Waals surface area contributed by atoms with Crippen LogP contribution < -0.4 is 5.32 Å². The molecule has 0 aliphatic heterocycles. The van der Waals surface area contributed by atoms with Gasteiger partial charge in [0.2, 0.25) is 11.8 Å². The third kappa shape index (κ3) is 6.52. The third-order valence-electron chi connectivity index (χ3n) is 5.07. The number of aliphatic hydroxyl groups excluding tert-OH is 1. The Hall–Kier alpha value is -3.44. The number of benzene rings is 3. The van der Waals surface area contributed by atoms with Crippen molar-refractivity contribution in [1.29, 1.82) is 0 Å². The van der Waals surface area contributed by atoms with Gasteiger partial charge in [0.15, 0.2) is 0 Å². The lowest BCUT2D eigenvalue weighted by Crippen LogP contribution is -2.44. The van der Waals surface area contributed by atoms with Gasteiger partial charge in [-0.1, -0.05) is 91.0 Å². The first kappa shape index (κ1) is 22.2. The smallest absolute Gasteiger partial charge is 0.247 e. The average Bonchev–Trinajstić information content (AvgIpc) is 2.83. The summed E-state index contributed by atoms with van der Waals surface area (Å²) in [7, 11) is 0. The molecule has 2 N–H and O–H groups in total. The first-order valence-electron chi connectivity index (χ1n) is 10.5. The van der Waals surface area contributed by atoms with Crippen LogP contribution in [0.1, 0.15) is 29.2 Å². The summed E-state index contributed by atoms with van der Waals surface area (Å²) in [6, 6.07) is 28.0. The highest BCUT2D eigenvalue weighted by Gasteiger charge is 2.31. The van der Waals surface area contributed by atoms with Crippen LogP contribution in [0.3, 0.4) is 0 Å². The first-order valence-corrected chi connectivity index (χ1v) is 10.5. The number of aryl methyl sites for hydroxylation is 1. The van der Waals surface area contributed by atoms with Crippen molar-refractivity contribution in [1.82, 2.24) is 10.2 Å². The lowest BCUT2D eigenvalue weighted by molar-refractivity contribution is -0.141. The van der Waals surface area contributed by atoms with Crippen LogP contribution in [0.15, 0.2) is 91.0 Å². The van der Waals surface area contributed by atoms with Crippen LogP contribution in [0, 0.1) is 0 Å². The molecule has 0 spiro atoms. The SMILES string of the molecule is O=C(NCCO)[C@H](c1ccccc1)N(Cc1ccccc1)C(=O)CCc1ccccc1. The van der Waals surface area contributed by atoms with E-state index in [1.165, 1.54) is 0 Å². The molecule has 0 bridgehead atoms. The van der Waals surface area contributed by atoms with Gasteiger partial charge < -0.3 is 15.3 Å². The Morgan fingerprint density at radius 3 is 1.94 bits per heavy atom. The Morgan fingerprint density at radius 1 is 0.806 bits per heavy atom. The van der Waals surface area contributed by atoms with Crippen molar-refractivity contribution >= 4 is 11.8 Å². The van der Waals surface area contributed by atoms with Gasteiger partial charge in [0, 0.05) is 19.5 Å². The second-order valence-corrected chi connectivity index (χ2v) is 7.32. The maximum Gasteiger partial charge on any atom is 0.247 e. The van der Waals surface area contributed by atoms with Crippen molar-refractivity contribution in [3.05, 3.63) is 108 Å². The Kier molecular flexibility index (Phi) is 8.38. The molecule has 0 fully saturated rings. The van der Waals surface area contributed by atoms with Gasteiger partial charge in [0.1, 0.15) is 6.04 Å². The quantitative estimate of drug-likeness (QED) is 0.532. The number of carbonyl (C=O) groups excluding carboxylic acids is 2. The molecule has 1 atom stereocenters. The molecule has 0 unspecified atom stereocenters. The summed E-state index contributed by atoms with van der Waals surface area (Å²) in [6.45, 7) is 0.300. The van der Waals surface area contributed by atoms with Crippen LogP contribution in [0.5, 0.6) is 0 Å². The molecule has 3 aromatic carbocycles. The minimum atomic E-state index is -0.781. The number of nitrogens with one attached hydrogen (secondary N) is 1. The van der Waals surface area contributed by atoms with Crippen molar-refractivity contribution < 1.29 is 14.7 Å². The molecule has 3 aromatic rings. The van der Waals surface area contributed by atoms with Crippen molar-refractivity contribution in [3.8, 4) is 0 Å². The van der Waals surface area contributed by atoms with E-state index in [9.17, 15) is 9.59 Å². The van der Waals surface area contributed by atoms with E-state index in [0.29, 0.717) is 19.4 Å². The van der Waals surface area contributed by atoms with Crippen LogP contribution in [-0.2, 0) is 22.6 Å². The van der Waals surface area contributed by atoms with E-state index < -0.39 is 6.04 Å². The Bertz CT molecular complexity index is 946. The van der Waals surface area contributed by atoms with Gasteiger partial charge in [-0.15, -0.1) is 0 Å². The van der Waals surface area contributed by atoms with Gasteiger partial charge >= 0.3 is 0 Å². The maximum absolute atomic E-state index is 13.4. The summed E-state index contributed by atoms with van der Waals surface area (Å²) in [5.74, 6) is -0.398. The lowest BCUT2D eigenvalue weighted by Gasteiger charge is -2.31. The molecule has 0 saturated carbocycles. The molecule has 5 nitrogen and oxygen atoms in total. The fraction of sp³-hybridized carbons (Fsp3) is 0.231. The summed E-state index contributed by atoms with van der Waals surface area (Å²) in [4.78, 5) is 28.1. The highest BCUT2D eigenvalue weighted by Crippen LogP contribution is 2.25. The van der Waals surface area contributed by atoms with Crippen molar-refractivity contribution in [2.75, 3.05) is 13.2 Å². The topological polar surface area (TPSA) is 69.6 Å². The zero-order chi connectivity index (χ0) is 21.9. The molecule has 0 aromatic heterocycles. The number of carbonyl (C=O) groups is 2. The van der Waals surface area contributed by atoms with Crippen molar-refractivity contribution in [2.45, 2.75) is 25.4 Å². The number of amides is 2. The normalized spacial score (nSPS) is 11.5. The van der Waals surface area contributed by atoms with Crippen molar-refractivity contribution in [3.63, 3.8) is 0 Å². The largest absolute Gasteiger partial charge is 0.395 e. The predicted octanol–water partition coefficient (Wildman–Crippen LogP) is 3.50. The van der Waals surface area contributed by atoms with Gasteiger partial charge in [-0.05, 0) is 23.1 Å². The number of rotatable bonds is 10. The molecule has 2 amide bonds. The summed E-state index contributed by atoms with van der Waals surface area (Å²) in [5.41, 5.74) is 2.77. The van der Waals surface area contributed by atoms with E-state index in [1.54, 1.807) is 4.90 Å². The molecule has 0 aliphatic carbocycles. The van der Waals surface area contributed by atoms with E-state index in [4.69, 9.17) is 5.11 Å². The number of hydrogen-bond donors (Lipinski definition) is 2. The van der Waals surface area contributed by atoms with Crippen LogP contribution >= 0.6 is 0 Å². The molecule has 0 heterocycles. The summed E-state index contributed by atoms with van der Waals surface area (Å²) in [6.07, 6.45) is 0.901. The van der Waals surface area contributed by atoms with E-state index in [2.05, 4.69) is 5.32 Å². The van der Waals surface area contributed by atoms with Crippen LogP contribution in [0.2, 0.25) is 0 Å². The maximum atomic E-state index is 13.4. The fourth-order valence-corrected chi connectivity index (χ4v) is 3.53. The minimum Gasteiger partial charge on any atom is -0.395 e. The molecule has 31 heavy (non-hydrogen) atoms. The molecule has 0 saturated heterocycles. The second-order valence-electron chi connectivity index (χ2n) is 7.32. The number of aliphatic hydroxyl groups is 1. The van der Waals surface area contributed by atoms with Gasteiger partial charge in [-0.2, -0.15) is 0 Å². The Balaban J connectivity index is 1.90. The van der Waals surface area contributed by atoms with E-state index in [-0.39, 0.29) is 25.0 Å². The highest BCUT2D eigenvalue weighted by molar-refractivity contribution is 5.88. The predicted molar refractivity (Wildman–Crippen MR) is 121 cm³/mol. The van der Waals surface area contributed by atoms with Gasteiger partial charge in [0.05, 0.1) is 6.61 Å². The fourth-order valence-electron chi connectivity index (χ4n) is 3.53. The average molecular weight is 417 g/mol. The molecule has 0 radical (unpaired) electrons. The zero-order valence-corrected chi connectivity index (χ0v) is 17.5. The monoisotopic (exact) mass is 416 g/mol. The Labute approximate surface area is 183 Å². The van der Waals surface area contributed by atoms with Gasteiger partial charge in [-0.3, -0.25) is 9.59 Å². The number of nitrogens with zero attached hydrogens (tertiary/aromatic N) is 1. The summed E-state index contributed by atoms with van der Waals surface area (Å²) >= 11 is 0. The standard InChI is InChI=1S/C26H28N2O3/c29-19-18-27-26(31)25(23-14-8-3-9-15-23)28(20-22-12-6-2-7-13-22)24(30)17-16-21-10-4-1-5-11-21/h1-15,25,29H,16-20H2,(H,27,31)/t25-/m0/s1. The first-order chi connectivity index (χ1) is 15.2. The van der Waals surface area contributed by atoms with Crippen LogP contribution in [0.4, 0.5) is 0 Å². The molecule has 5 heteroatoms. The lowest BCUT2D eigenvalue weighted by atomic mass is 10.0. The zero-order valence-electron chi connectivity index (χ0n) is 17.5. The van der Waals surface area contributed by atoms with E-state index in [0.717, 1.165) is 16.7 Å².